The zero-order valence-corrected chi connectivity index (χ0v) is 13.6. The largest absolute Gasteiger partial charge is 0.383 e. The molecule has 23 heavy (non-hydrogen) atoms. The number of carbonyl (C=O) groups excluding carboxylic acids is 2. The highest BCUT2D eigenvalue weighted by Crippen LogP contribution is 2.37. The zero-order valence-electron chi connectivity index (χ0n) is 12.8. The molecule has 1 atom stereocenters. The molecule has 1 aromatic heterocycles. The summed E-state index contributed by atoms with van der Waals surface area (Å²) in [6.45, 7) is 0.215. The van der Waals surface area contributed by atoms with Crippen LogP contribution in [0.2, 0.25) is 0 Å². The Labute approximate surface area is 138 Å². The molecule has 1 heterocycles. The van der Waals surface area contributed by atoms with Crippen molar-refractivity contribution in [3.05, 3.63) is 57.3 Å². The minimum atomic E-state index is -1.02. The van der Waals surface area contributed by atoms with Crippen LogP contribution in [0.15, 0.2) is 35.7 Å². The molecule has 2 amide bonds. The Morgan fingerprint density at radius 1 is 1.39 bits per heavy atom. The van der Waals surface area contributed by atoms with Crippen molar-refractivity contribution in [3.63, 3.8) is 0 Å². The molecule has 5 nitrogen and oxygen atoms in total. The lowest BCUT2D eigenvalue weighted by molar-refractivity contribution is 0.00821. The molecule has 1 aliphatic rings. The summed E-state index contributed by atoms with van der Waals surface area (Å²) in [6, 6.07) is 9.27. The fourth-order valence-corrected chi connectivity index (χ4v) is 3.95. The minimum absolute atomic E-state index is 0.215. The van der Waals surface area contributed by atoms with Gasteiger partial charge >= 0.3 is 0 Å². The number of nitrogens with two attached hydrogens (primary N) is 1. The van der Waals surface area contributed by atoms with Crippen LogP contribution in [0.3, 0.4) is 0 Å². The Morgan fingerprint density at radius 3 is 2.83 bits per heavy atom. The second-order valence-corrected chi connectivity index (χ2v) is 6.83. The van der Waals surface area contributed by atoms with Crippen LogP contribution >= 0.6 is 11.3 Å². The van der Waals surface area contributed by atoms with Crippen LogP contribution in [0.4, 0.5) is 0 Å². The van der Waals surface area contributed by atoms with Gasteiger partial charge in [-0.25, -0.2) is 0 Å². The first-order valence-corrected chi connectivity index (χ1v) is 8.23. The van der Waals surface area contributed by atoms with Crippen molar-refractivity contribution < 1.29 is 14.7 Å². The number of rotatable bonds is 4. The molecule has 2 aromatic rings. The fraction of sp³-hybridized carbons (Fsp3) is 0.294. The monoisotopic (exact) mass is 330 g/mol. The van der Waals surface area contributed by atoms with Crippen molar-refractivity contribution in [1.82, 2.24) is 4.90 Å². The number of nitrogens with zero attached hydrogens (tertiary/aromatic N) is 1. The minimum Gasteiger partial charge on any atom is -0.383 e. The molecular weight excluding hydrogens is 312 g/mol. The van der Waals surface area contributed by atoms with E-state index in [9.17, 15) is 14.7 Å². The van der Waals surface area contributed by atoms with Gasteiger partial charge in [0.1, 0.15) is 5.60 Å². The average Bonchev–Trinajstić information content (AvgIpc) is 3.13. The smallest absolute Gasteiger partial charge is 0.263 e. The predicted octanol–water partition coefficient (Wildman–Crippen LogP) is 1.75. The Balaban J connectivity index is 1.77. The van der Waals surface area contributed by atoms with E-state index in [-0.39, 0.29) is 12.5 Å². The third kappa shape index (κ3) is 2.87. The highest BCUT2D eigenvalue weighted by Gasteiger charge is 2.38. The Morgan fingerprint density at radius 2 is 2.13 bits per heavy atom. The number of hydrogen-bond acceptors (Lipinski definition) is 4. The summed E-state index contributed by atoms with van der Waals surface area (Å²) in [4.78, 5) is 25.6. The van der Waals surface area contributed by atoms with Gasteiger partial charge in [0.15, 0.2) is 0 Å². The van der Waals surface area contributed by atoms with Crippen LogP contribution in [0.25, 0.3) is 0 Å². The molecule has 1 unspecified atom stereocenters. The predicted molar refractivity (Wildman–Crippen MR) is 88.5 cm³/mol. The topological polar surface area (TPSA) is 83.6 Å². The molecule has 0 saturated carbocycles. The standard InChI is InChI=1S/C17H18N2O3S/c1-19(16(21)14-8-12(9-23-14)15(18)20)10-17(22)7-6-11-4-2-3-5-13(11)17/h2-5,8-9,22H,6-7,10H2,1H3,(H2,18,20). The van der Waals surface area contributed by atoms with E-state index in [2.05, 4.69) is 0 Å². The summed E-state index contributed by atoms with van der Waals surface area (Å²) >= 11 is 1.18. The fourth-order valence-electron chi connectivity index (χ4n) is 3.06. The maximum absolute atomic E-state index is 12.5. The first-order chi connectivity index (χ1) is 10.9. The highest BCUT2D eigenvalue weighted by molar-refractivity contribution is 7.12. The van der Waals surface area contributed by atoms with Crippen molar-refractivity contribution in [3.8, 4) is 0 Å². The summed E-state index contributed by atoms with van der Waals surface area (Å²) < 4.78 is 0. The van der Waals surface area contributed by atoms with Gasteiger partial charge < -0.3 is 15.7 Å². The van der Waals surface area contributed by atoms with Crippen LogP contribution in [-0.4, -0.2) is 35.4 Å². The van der Waals surface area contributed by atoms with E-state index >= 15 is 0 Å². The second-order valence-electron chi connectivity index (χ2n) is 5.91. The summed E-state index contributed by atoms with van der Waals surface area (Å²) in [7, 11) is 1.66. The molecule has 0 fully saturated rings. The van der Waals surface area contributed by atoms with Crippen LogP contribution in [0, 0.1) is 0 Å². The lowest BCUT2D eigenvalue weighted by Gasteiger charge is -2.29. The zero-order chi connectivity index (χ0) is 16.6. The number of fused-ring (bicyclic) bond motifs is 1. The first kappa shape index (κ1) is 15.7. The third-order valence-electron chi connectivity index (χ3n) is 4.27. The van der Waals surface area contributed by atoms with E-state index in [4.69, 9.17) is 5.73 Å². The third-order valence-corrected chi connectivity index (χ3v) is 5.19. The Hall–Kier alpha value is -2.18. The van der Waals surface area contributed by atoms with Crippen molar-refractivity contribution in [2.75, 3.05) is 13.6 Å². The summed E-state index contributed by atoms with van der Waals surface area (Å²) in [5.74, 6) is -0.772. The molecule has 0 saturated heterocycles. The maximum Gasteiger partial charge on any atom is 0.263 e. The van der Waals surface area contributed by atoms with Crippen molar-refractivity contribution in [1.29, 1.82) is 0 Å². The molecule has 1 aliphatic carbocycles. The van der Waals surface area contributed by atoms with Gasteiger partial charge in [-0.15, -0.1) is 11.3 Å². The lowest BCUT2D eigenvalue weighted by atomic mass is 9.95. The molecule has 3 rings (SSSR count). The van der Waals surface area contributed by atoms with Gasteiger partial charge in [0.2, 0.25) is 5.91 Å². The van der Waals surface area contributed by atoms with Crippen LogP contribution in [0.5, 0.6) is 0 Å². The Kier molecular flexibility index (Phi) is 3.95. The lowest BCUT2D eigenvalue weighted by Crippen LogP contribution is -2.40. The molecule has 0 radical (unpaired) electrons. The average molecular weight is 330 g/mol. The second kappa shape index (κ2) is 5.79. The Bertz CT molecular complexity index is 771. The van der Waals surface area contributed by atoms with Gasteiger partial charge in [-0.1, -0.05) is 24.3 Å². The molecule has 1 aromatic carbocycles. The van der Waals surface area contributed by atoms with Gasteiger partial charge in [0.25, 0.3) is 5.91 Å². The number of aryl methyl sites for hydroxylation is 1. The van der Waals surface area contributed by atoms with Crippen LogP contribution in [-0.2, 0) is 12.0 Å². The van der Waals surface area contributed by atoms with E-state index in [0.29, 0.717) is 16.9 Å². The van der Waals surface area contributed by atoms with Crippen LogP contribution < -0.4 is 5.73 Å². The maximum atomic E-state index is 12.5. The molecule has 6 heteroatoms. The molecular formula is C17H18N2O3S. The van der Waals surface area contributed by atoms with E-state index in [0.717, 1.165) is 17.5 Å². The van der Waals surface area contributed by atoms with E-state index < -0.39 is 11.5 Å². The summed E-state index contributed by atoms with van der Waals surface area (Å²) in [5, 5.41) is 12.5. The van der Waals surface area contributed by atoms with Crippen LogP contribution in [0.1, 0.15) is 37.6 Å². The van der Waals surface area contributed by atoms with Gasteiger partial charge in [-0.3, -0.25) is 9.59 Å². The molecule has 0 bridgehead atoms. The van der Waals surface area contributed by atoms with Gasteiger partial charge in [-0.05, 0) is 30.0 Å². The quantitative estimate of drug-likeness (QED) is 0.896. The van der Waals surface area contributed by atoms with Crippen molar-refractivity contribution in [2.24, 2.45) is 5.73 Å². The van der Waals surface area contributed by atoms with E-state index in [1.165, 1.54) is 22.3 Å². The SMILES string of the molecule is CN(CC1(O)CCc2ccccc21)C(=O)c1cc(C(N)=O)cs1. The number of carbonyl (C=O) groups is 2. The van der Waals surface area contributed by atoms with Crippen molar-refractivity contribution in [2.45, 2.75) is 18.4 Å². The number of amides is 2. The van der Waals surface area contributed by atoms with E-state index in [1.807, 2.05) is 24.3 Å². The normalized spacial score (nSPS) is 19.4. The first-order valence-electron chi connectivity index (χ1n) is 7.35. The molecule has 0 spiro atoms. The summed E-state index contributed by atoms with van der Waals surface area (Å²) in [6.07, 6.45) is 1.40. The van der Waals surface area contributed by atoms with E-state index in [1.54, 1.807) is 12.4 Å². The molecule has 3 N–H and O–H groups in total. The number of likely N-dealkylation sites (N-methyl/N-ethyl adjacent to an activating group) is 1. The van der Waals surface area contributed by atoms with Gasteiger partial charge in [-0.2, -0.15) is 0 Å². The number of primary amides is 1. The van der Waals surface area contributed by atoms with Gasteiger partial charge in [0.05, 0.1) is 17.0 Å². The number of hydrogen-bond donors (Lipinski definition) is 2. The highest BCUT2D eigenvalue weighted by atomic mass is 32.1. The molecule has 120 valence electrons. The van der Waals surface area contributed by atoms with Gasteiger partial charge in [0, 0.05) is 12.4 Å². The number of benzene rings is 1. The van der Waals surface area contributed by atoms with Crippen molar-refractivity contribution >= 4 is 23.2 Å². The summed E-state index contributed by atoms with van der Waals surface area (Å²) in [5.41, 5.74) is 6.54. The molecule has 0 aliphatic heterocycles. The number of thiophene rings is 1. The number of aliphatic hydroxyl groups is 1.